The Hall–Kier alpha value is -1.78. The molecule has 0 radical (unpaired) electrons. The number of aromatic nitrogens is 1. The van der Waals surface area contributed by atoms with E-state index in [9.17, 15) is 20.1 Å². The van der Waals surface area contributed by atoms with Crippen LogP contribution in [-0.2, 0) is 9.53 Å². The van der Waals surface area contributed by atoms with Gasteiger partial charge in [0.1, 0.15) is 12.2 Å². The third kappa shape index (κ3) is 3.60. The number of carbonyl (C=O) groups is 1. The Morgan fingerprint density at radius 1 is 1.32 bits per heavy atom. The molecule has 0 spiro atoms. The molecule has 2 aliphatic heterocycles. The number of aliphatic hydroxyl groups is 3. The van der Waals surface area contributed by atoms with Gasteiger partial charge < -0.3 is 25.2 Å². The molecule has 0 aliphatic carbocycles. The Morgan fingerprint density at radius 2 is 2.08 bits per heavy atom. The molecule has 2 saturated heterocycles. The number of aliphatic carboxylic acids is 1. The number of carboxylic acids is 1. The van der Waals surface area contributed by atoms with E-state index in [4.69, 9.17) is 14.7 Å². The molecule has 0 bridgehead atoms. The summed E-state index contributed by atoms with van der Waals surface area (Å²) < 4.78 is 6.44. The lowest BCUT2D eigenvalue weighted by Crippen LogP contribution is -2.65. The Labute approximate surface area is 144 Å². The molecule has 2 fully saturated rings. The minimum absolute atomic E-state index is 0.257. The molecular weight excluding hydrogens is 332 g/mol. The van der Waals surface area contributed by atoms with Gasteiger partial charge in [0.05, 0.1) is 0 Å². The summed E-state index contributed by atoms with van der Waals surface area (Å²) in [5.41, 5.74) is 1.02. The summed E-state index contributed by atoms with van der Waals surface area (Å²) in [6, 6.07) is 3.99. The molecular formula is C16H23N2O7+. The van der Waals surface area contributed by atoms with Gasteiger partial charge in [-0.15, -0.1) is 0 Å². The van der Waals surface area contributed by atoms with E-state index in [0.717, 1.165) is 24.9 Å². The van der Waals surface area contributed by atoms with E-state index >= 15 is 0 Å². The fourth-order valence-corrected chi connectivity index (χ4v) is 3.33. The van der Waals surface area contributed by atoms with Gasteiger partial charge in [-0.05, 0) is 32.5 Å². The number of likely N-dealkylation sites (tertiary alicyclic amines) is 1. The summed E-state index contributed by atoms with van der Waals surface area (Å²) in [4.78, 5) is 18.9. The van der Waals surface area contributed by atoms with E-state index in [0.29, 0.717) is 0 Å². The molecule has 9 nitrogen and oxygen atoms in total. The zero-order valence-corrected chi connectivity index (χ0v) is 13.8. The van der Waals surface area contributed by atoms with Crippen LogP contribution in [0.3, 0.4) is 0 Å². The molecule has 1 aromatic heterocycles. The van der Waals surface area contributed by atoms with Crippen molar-refractivity contribution in [2.45, 2.75) is 49.6 Å². The van der Waals surface area contributed by atoms with Crippen molar-refractivity contribution in [3.05, 3.63) is 30.1 Å². The van der Waals surface area contributed by atoms with Crippen molar-refractivity contribution in [1.29, 1.82) is 0 Å². The molecule has 6 atom stereocenters. The lowest BCUT2D eigenvalue weighted by Gasteiger charge is -2.36. The number of carboxylic acid groups (broad SMARTS) is 1. The maximum atomic E-state index is 11.1. The summed E-state index contributed by atoms with van der Waals surface area (Å²) >= 11 is 0. The lowest BCUT2D eigenvalue weighted by molar-refractivity contribution is -0.909. The molecule has 0 saturated carbocycles. The lowest BCUT2D eigenvalue weighted by atomic mass is 9.99. The molecule has 25 heavy (non-hydrogen) atoms. The molecule has 9 heteroatoms. The molecule has 6 unspecified atom stereocenters. The van der Waals surface area contributed by atoms with Crippen LogP contribution >= 0.6 is 0 Å². The van der Waals surface area contributed by atoms with E-state index in [-0.39, 0.29) is 6.04 Å². The van der Waals surface area contributed by atoms with Gasteiger partial charge in [0.15, 0.2) is 12.2 Å². The first-order valence-electron chi connectivity index (χ1n) is 8.19. The molecule has 0 amide bonds. The standard InChI is InChI=1S/C16H22N2O7/c1-17-6-3-5-10(17)9-4-2-7-18(8-9)25-16-13(21)11(19)12(20)14(24-16)15(22)23/h2,4,7-8,10-14,16,19-21H,3,5-6H2,1H3/p+1. The smallest absolute Gasteiger partial charge is 0.335 e. The van der Waals surface area contributed by atoms with Crippen LogP contribution in [0.25, 0.3) is 0 Å². The molecule has 3 rings (SSSR count). The van der Waals surface area contributed by atoms with Gasteiger partial charge in [0.25, 0.3) is 6.29 Å². The van der Waals surface area contributed by atoms with Crippen molar-refractivity contribution in [2.24, 2.45) is 0 Å². The zero-order chi connectivity index (χ0) is 18.1. The van der Waals surface area contributed by atoms with E-state index in [1.54, 1.807) is 18.5 Å². The molecule has 1 aromatic rings. The third-order valence-corrected chi connectivity index (χ3v) is 4.74. The van der Waals surface area contributed by atoms with Crippen LogP contribution in [0.1, 0.15) is 24.4 Å². The van der Waals surface area contributed by atoms with Crippen molar-refractivity contribution >= 4 is 5.97 Å². The van der Waals surface area contributed by atoms with Crippen LogP contribution in [0.5, 0.6) is 0 Å². The number of rotatable bonds is 4. The van der Waals surface area contributed by atoms with Gasteiger partial charge in [-0.2, -0.15) is 0 Å². The zero-order valence-electron chi connectivity index (χ0n) is 13.8. The Bertz CT molecular complexity index is 628. The number of ether oxygens (including phenoxy) is 1. The molecule has 3 heterocycles. The van der Waals surface area contributed by atoms with Crippen molar-refractivity contribution in [3.63, 3.8) is 0 Å². The Balaban J connectivity index is 1.76. The number of nitrogens with zero attached hydrogens (tertiary/aromatic N) is 2. The van der Waals surface area contributed by atoms with Gasteiger partial charge in [-0.3, -0.25) is 4.90 Å². The highest BCUT2D eigenvalue weighted by Crippen LogP contribution is 2.29. The van der Waals surface area contributed by atoms with Gasteiger partial charge in [0.2, 0.25) is 12.4 Å². The SMILES string of the molecule is CN1CCCC1c1ccc[n+](OC2OC(C(=O)O)C(O)C(O)C2O)c1. The summed E-state index contributed by atoms with van der Waals surface area (Å²) in [7, 11) is 2.04. The first-order valence-corrected chi connectivity index (χ1v) is 8.19. The highest BCUT2D eigenvalue weighted by molar-refractivity contribution is 5.73. The highest BCUT2D eigenvalue weighted by Gasteiger charge is 2.49. The van der Waals surface area contributed by atoms with Crippen LogP contribution in [0, 0.1) is 0 Å². The van der Waals surface area contributed by atoms with Gasteiger partial charge >= 0.3 is 5.97 Å². The predicted molar refractivity (Wildman–Crippen MR) is 82.1 cm³/mol. The fraction of sp³-hybridized carbons (Fsp3) is 0.625. The van der Waals surface area contributed by atoms with Crippen molar-refractivity contribution in [2.75, 3.05) is 13.6 Å². The van der Waals surface area contributed by atoms with E-state index in [1.165, 1.54) is 4.73 Å². The molecule has 2 aliphatic rings. The second-order valence-corrected chi connectivity index (χ2v) is 6.48. The average molecular weight is 355 g/mol. The van der Waals surface area contributed by atoms with Gasteiger partial charge in [-0.1, -0.05) is 0 Å². The summed E-state index contributed by atoms with van der Waals surface area (Å²) in [5.74, 6) is -1.45. The maximum absolute atomic E-state index is 11.1. The number of pyridine rings is 1. The minimum atomic E-state index is -1.74. The van der Waals surface area contributed by atoms with Crippen LogP contribution < -0.4 is 9.57 Å². The minimum Gasteiger partial charge on any atom is -0.479 e. The third-order valence-electron chi connectivity index (χ3n) is 4.74. The topological polar surface area (TPSA) is 124 Å². The van der Waals surface area contributed by atoms with E-state index < -0.39 is 36.7 Å². The first kappa shape index (κ1) is 18.0. The maximum Gasteiger partial charge on any atom is 0.335 e. The van der Waals surface area contributed by atoms with Crippen LogP contribution in [0.4, 0.5) is 0 Å². The van der Waals surface area contributed by atoms with Gasteiger partial charge in [0, 0.05) is 22.4 Å². The first-order chi connectivity index (χ1) is 11.9. The monoisotopic (exact) mass is 355 g/mol. The van der Waals surface area contributed by atoms with Crippen molar-refractivity contribution in [1.82, 2.24) is 4.90 Å². The van der Waals surface area contributed by atoms with Crippen molar-refractivity contribution < 1.29 is 39.5 Å². The molecule has 0 aromatic carbocycles. The van der Waals surface area contributed by atoms with Gasteiger partial charge in [-0.25, -0.2) is 9.63 Å². The number of hydrogen-bond acceptors (Lipinski definition) is 7. The number of hydrogen-bond donors (Lipinski definition) is 4. The second-order valence-electron chi connectivity index (χ2n) is 6.48. The normalized spacial score (nSPS) is 36.3. The Morgan fingerprint density at radius 3 is 2.72 bits per heavy atom. The quantitative estimate of drug-likeness (QED) is 0.460. The fourth-order valence-electron chi connectivity index (χ4n) is 3.33. The van der Waals surface area contributed by atoms with E-state index in [1.807, 2.05) is 13.1 Å². The van der Waals surface area contributed by atoms with E-state index in [2.05, 4.69) is 4.90 Å². The van der Waals surface area contributed by atoms with Crippen molar-refractivity contribution in [3.8, 4) is 0 Å². The summed E-state index contributed by atoms with van der Waals surface area (Å²) in [5, 5.41) is 38.6. The van der Waals surface area contributed by atoms with Crippen LogP contribution in [0.15, 0.2) is 24.5 Å². The van der Waals surface area contributed by atoms with Crippen LogP contribution in [-0.4, -0.2) is 75.6 Å². The largest absolute Gasteiger partial charge is 0.479 e. The highest BCUT2D eigenvalue weighted by atomic mass is 16.8. The average Bonchev–Trinajstić information content (AvgIpc) is 3.01. The summed E-state index contributed by atoms with van der Waals surface area (Å²) in [6.07, 6.45) is -2.69. The van der Waals surface area contributed by atoms with Crippen LogP contribution in [0.2, 0.25) is 0 Å². The Kier molecular flexibility index (Phi) is 5.21. The second kappa shape index (κ2) is 7.22. The molecule has 138 valence electrons. The molecule has 4 N–H and O–H groups in total. The predicted octanol–water partition coefficient (Wildman–Crippen LogP) is -1.94. The number of aliphatic hydroxyl groups excluding tert-OH is 3. The summed E-state index contributed by atoms with van der Waals surface area (Å²) in [6.45, 7) is 1.01.